The van der Waals surface area contributed by atoms with Crippen LogP contribution in [0.4, 0.5) is 0 Å². The molecule has 2 fully saturated rings. The van der Waals surface area contributed by atoms with Crippen molar-refractivity contribution in [2.45, 2.75) is 31.8 Å². The molecule has 0 aromatic carbocycles. The van der Waals surface area contributed by atoms with Crippen LogP contribution in [-0.2, 0) is 19.1 Å². The summed E-state index contributed by atoms with van der Waals surface area (Å²) in [4.78, 5) is 24.5. The van der Waals surface area contributed by atoms with E-state index >= 15 is 0 Å². The Labute approximate surface area is 112 Å². The van der Waals surface area contributed by atoms with Crippen LogP contribution in [-0.4, -0.2) is 60.9 Å². The maximum absolute atomic E-state index is 12.1. The summed E-state index contributed by atoms with van der Waals surface area (Å²) in [5.41, 5.74) is 0. The van der Waals surface area contributed by atoms with Gasteiger partial charge in [0.1, 0.15) is 0 Å². The molecule has 0 unspecified atom stereocenters. The lowest BCUT2D eigenvalue weighted by molar-refractivity contribution is -0.159. The molecule has 0 aliphatic carbocycles. The highest BCUT2D eigenvalue weighted by molar-refractivity contribution is 5.78. The summed E-state index contributed by atoms with van der Waals surface area (Å²) in [7, 11) is 0. The summed E-state index contributed by atoms with van der Waals surface area (Å²) in [6.07, 6.45) is 2.54. The van der Waals surface area contributed by atoms with E-state index in [1.54, 1.807) is 4.90 Å². The molecule has 1 N–H and O–H groups in total. The van der Waals surface area contributed by atoms with Crippen molar-refractivity contribution >= 4 is 11.9 Å². The number of rotatable bonds is 4. The quantitative estimate of drug-likeness (QED) is 0.806. The second-order valence-corrected chi connectivity index (χ2v) is 5.13. The molecule has 1 atom stereocenters. The predicted molar refractivity (Wildman–Crippen MR) is 66.7 cm³/mol. The van der Waals surface area contributed by atoms with Crippen LogP contribution in [0.2, 0.25) is 0 Å². The number of amides is 1. The lowest BCUT2D eigenvalue weighted by atomic mass is 9.94. The molecule has 6 nitrogen and oxygen atoms in total. The first-order chi connectivity index (χ1) is 9.16. The lowest BCUT2D eigenvalue weighted by Crippen LogP contribution is -2.48. The van der Waals surface area contributed by atoms with E-state index in [1.807, 2.05) is 0 Å². The number of carboxylic acid groups (broad SMARTS) is 1. The minimum atomic E-state index is -0.998. The minimum absolute atomic E-state index is 0.0426. The van der Waals surface area contributed by atoms with Crippen molar-refractivity contribution in [3.8, 4) is 0 Å². The van der Waals surface area contributed by atoms with Crippen molar-refractivity contribution in [2.24, 2.45) is 5.92 Å². The molecule has 0 spiro atoms. The average Bonchev–Trinajstić information content (AvgIpc) is 2.46. The predicted octanol–water partition coefficient (Wildman–Crippen LogP) is 0.505. The van der Waals surface area contributed by atoms with Gasteiger partial charge in [-0.3, -0.25) is 4.79 Å². The van der Waals surface area contributed by atoms with Crippen molar-refractivity contribution in [3.05, 3.63) is 0 Å². The number of carboxylic acids is 1. The zero-order valence-corrected chi connectivity index (χ0v) is 11.0. The molecule has 0 saturated carbocycles. The SMILES string of the molecule is O=C(O)[C@H]1CN(C(=O)CCC2CCOCC2)CCO1. The number of carbonyl (C=O) groups excluding carboxylic acids is 1. The van der Waals surface area contributed by atoms with Crippen LogP contribution in [0.15, 0.2) is 0 Å². The van der Waals surface area contributed by atoms with Crippen LogP contribution in [0.25, 0.3) is 0 Å². The van der Waals surface area contributed by atoms with E-state index in [0.717, 1.165) is 32.5 Å². The molecule has 19 heavy (non-hydrogen) atoms. The molecule has 0 bridgehead atoms. The third-order valence-corrected chi connectivity index (χ3v) is 3.80. The molecule has 2 aliphatic rings. The fourth-order valence-corrected chi connectivity index (χ4v) is 2.55. The number of nitrogens with zero attached hydrogens (tertiary/aromatic N) is 1. The number of hydrogen-bond acceptors (Lipinski definition) is 4. The fourth-order valence-electron chi connectivity index (χ4n) is 2.55. The van der Waals surface area contributed by atoms with E-state index in [-0.39, 0.29) is 12.5 Å². The molecular formula is C13H21NO5. The monoisotopic (exact) mass is 271 g/mol. The summed E-state index contributed by atoms with van der Waals surface area (Å²) in [6.45, 7) is 2.55. The lowest BCUT2D eigenvalue weighted by Gasteiger charge is -2.31. The van der Waals surface area contributed by atoms with Gasteiger partial charge in [0.2, 0.25) is 5.91 Å². The molecule has 108 valence electrons. The van der Waals surface area contributed by atoms with Gasteiger partial charge in [-0.15, -0.1) is 0 Å². The second kappa shape index (κ2) is 6.86. The largest absolute Gasteiger partial charge is 0.479 e. The smallest absolute Gasteiger partial charge is 0.334 e. The summed E-state index contributed by atoms with van der Waals surface area (Å²) in [6, 6.07) is 0. The zero-order chi connectivity index (χ0) is 13.7. The van der Waals surface area contributed by atoms with Gasteiger partial charge in [-0.25, -0.2) is 4.79 Å². The van der Waals surface area contributed by atoms with Gasteiger partial charge >= 0.3 is 5.97 Å². The Hall–Kier alpha value is -1.14. The van der Waals surface area contributed by atoms with E-state index in [2.05, 4.69) is 0 Å². The van der Waals surface area contributed by atoms with Crippen LogP contribution < -0.4 is 0 Å². The molecular weight excluding hydrogens is 250 g/mol. The van der Waals surface area contributed by atoms with Crippen molar-refractivity contribution < 1.29 is 24.2 Å². The van der Waals surface area contributed by atoms with E-state index in [4.69, 9.17) is 14.6 Å². The Morgan fingerprint density at radius 1 is 1.21 bits per heavy atom. The highest BCUT2D eigenvalue weighted by Crippen LogP contribution is 2.20. The average molecular weight is 271 g/mol. The number of ether oxygens (including phenoxy) is 2. The molecule has 1 amide bonds. The van der Waals surface area contributed by atoms with Gasteiger partial charge in [0, 0.05) is 26.2 Å². The maximum Gasteiger partial charge on any atom is 0.334 e. The topological polar surface area (TPSA) is 76.1 Å². The summed E-state index contributed by atoms with van der Waals surface area (Å²) in [5.74, 6) is -0.392. The first kappa shape index (κ1) is 14.3. The Morgan fingerprint density at radius 3 is 2.63 bits per heavy atom. The van der Waals surface area contributed by atoms with Crippen LogP contribution in [0.3, 0.4) is 0 Å². The highest BCUT2D eigenvalue weighted by Gasteiger charge is 2.29. The summed E-state index contributed by atoms with van der Waals surface area (Å²) >= 11 is 0. The van der Waals surface area contributed by atoms with Gasteiger partial charge in [-0.2, -0.15) is 0 Å². The minimum Gasteiger partial charge on any atom is -0.479 e. The first-order valence-electron chi connectivity index (χ1n) is 6.86. The molecule has 0 aromatic heterocycles. The zero-order valence-electron chi connectivity index (χ0n) is 11.0. The molecule has 2 aliphatic heterocycles. The molecule has 2 heterocycles. The summed E-state index contributed by atoms with van der Waals surface area (Å²) < 4.78 is 10.4. The number of hydrogen-bond donors (Lipinski definition) is 1. The van der Waals surface area contributed by atoms with E-state index < -0.39 is 12.1 Å². The summed E-state index contributed by atoms with van der Waals surface area (Å²) in [5, 5.41) is 8.89. The molecule has 6 heteroatoms. The van der Waals surface area contributed by atoms with E-state index in [0.29, 0.717) is 25.5 Å². The second-order valence-electron chi connectivity index (χ2n) is 5.13. The van der Waals surface area contributed by atoms with Gasteiger partial charge in [-0.05, 0) is 25.2 Å². The Bertz CT molecular complexity index is 327. The molecule has 0 radical (unpaired) electrons. The highest BCUT2D eigenvalue weighted by atomic mass is 16.5. The maximum atomic E-state index is 12.1. The van der Waals surface area contributed by atoms with Crippen LogP contribution in [0.1, 0.15) is 25.7 Å². The van der Waals surface area contributed by atoms with Crippen molar-refractivity contribution in [3.63, 3.8) is 0 Å². The standard InChI is InChI=1S/C13H21NO5/c15-12(2-1-10-3-6-18-7-4-10)14-5-8-19-11(9-14)13(16)17/h10-11H,1-9H2,(H,16,17)/t11-/m1/s1. The van der Waals surface area contributed by atoms with Crippen LogP contribution >= 0.6 is 0 Å². The van der Waals surface area contributed by atoms with Gasteiger partial charge in [0.15, 0.2) is 6.10 Å². The first-order valence-corrected chi connectivity index (χ1v) is 6.86. The van der Waals surface area contributed by atoms with Crippen molar-refractivity contribution in [1.82, 2.24) is 4.90 Å². The molecule has 2 rings (SSSR count). The third-order valence-electron chi connectivity index (χ3n) is 3.80. The Balaban J connectivity index is 1.74. The van der Waals surface area contributed by atoms with Gasteiger partial charge in [0.25, 0.3) is 0 Å². The number of carbonyl (C=O) groups is 2. The fraction of sp³-hybridized carbons (Fsp3) is 0.846. The van der Waals surface area contributed by atoms with Crippen LogP contribution in [0.5, 0.6) is 0 Å². The molecule has 0 aromatic rings. The van der Waals surface area contributed by atoms with Gasteiger partial charge in [0.05, 0.1) is 13.2 Å². The number of morpholine rings is 1. The Kier molecular flexibility index (Phi) is 5.15. The number of aliphatic carboxylic acids is 1. The Morgan fingerprint density at radius 2 is 1.95 bits per heavy atom. The van der Waals surface area contributed by atoms with Crippen LogP contribution in [0, 0.1) is 5.92 Å². The van der Waals surface area contributed by atoms with Gasteiger partial charge in [-0.1, -0.05) is 0 Å². The third kappa shape index (κ3) is 4.18. The van der Waals surface area contributed by atoms with Crippen molar-refractivity contribution in [1.29, 1.82) is 0 Å². The normalized spacial score (nSPS) is 25.3. The van der Waals surface area contributed by atoms with E-state index in [1.165, 1.54) is 0 Å². The van der Waals surface area contributed by atoms with Crippen molar-refractivity contribution in [2.75, 3.05) is 32.9 Å². The van der Waals surface area contributed by atoms with Gasteiger partial charge < -0.3 is 19.5 Å². The van der Waals surface area contributed by atoms with E-state index in [9.17, 15) is 9.59 Å². The molecule has 2 saturated heterocycles.